The second-order valence-corrected chi connectivity index (χ2v) is 8.98. The highest BCUT2D eigenvalue weighted by atomic mass is 35.5. The molecule has 0 radical (unpaired) electrons. The van der Waals surface area contributed by atoms with E-state index in [1.165, 1.54) is 43.7 Å². The Bertz CT molecular complexity index is 913. The molecule has 0 spiro atoms. The zero-order valence-electron chi connectivity index (χ0n) is 15.4. The molecule has 27 heavy (non-hydrogen) atoms. The number of hydrogen-bond acceptors (Lipinski definition) is 7. The number of halogens is 1. The van der Waals surface area contributed by atoms with Gasteiger partial charge in [-0.05, 0) is 31.0 Å². The SMILES string of the molecule is CCC(CC)c1nnc(NC(=O)c2ccc(Cl)c(S(=O)(=O)N(C)OC)c2)s1. The van der Waals surface area contributed by atoms with Crippen LogP contribution in [-0.4, -0.2) is 43.1 Å². The van der Waals surface area contributed by atoms with Crippen molar-refractivity contribution in [1.29, 1.82) is 0 Å². The third kappa shape index (κ3) is 4.82. The summed E-state index contributed by atoms with van der Waals surface area (Å²) in [7, 11) is -1.54. The minimum atomic E-state index is -3.99. The first kappa shape index (κ1) is 21.7. The van der Waals surface area contributed by atoms with E-state index >= 15 is 0 Å². The fourth-order valence-electron chi connectivity index (χ4n) is 2.34. The number of anilines is 1. The zero-order chi connectivity index (χ0) is 20.2. The van der Waals surface area contributed by atoms with Gasteiger partial charge in [-0.2, -0.15) is 0 Å². The maximum absolute atomic E-state index is 12.5. The summed E-state index contributed by atoms with van der Waals surface area (Å²) < 4.78 is 25.5. The third-order valence-corrected chi connectivity index (χ3v) is 7.23. The lowest BCUT2D eigenvalue weighted by atomic mass is 10.1. The normalized spacial score (nSPS) is 12.0. The lowest BCUT2D eigenvalue weighted by molar-refractivity contribution is -0.0258. The first-order valence-corrected chi connectivity index (χ1v) is 10.8. The van der Waals surface area contributed by atoms with Crippen molar-refractivity contribution < 1.29 is 18.0 Å². The largest absolute Gasteiger partial charge is 0.296 e. The molecule has 8 nitrogen and oxygen atoms in total. The molecular weight excluding hydrogens is 412 g/mol. The molecule has 1 aromatic carbocycles. The van der Waals surface area contributed by atoms with Crippen molar-refractivity contribution in [2.24, 2.45) is 0 Å². The Morgan fingerprint density at radius 2 is 2.00 bits per heavy atom. The molecule has 1 amide bonds. The molecule has 0 saturated heterocycles. The van der Waals surface area contributed by atoms with Gasteiger partial charge in [-0.3, -0.25) is 14.9 Å². The minimum absolute atomic E-state index is 0.0117. The second-order valence-electron chi connectivity index (χ2n) is 5.66. The van der Waals surface area contributed by atoms with Crippen LogP contribution in [0.1, 0.15) is 48.0 Å². The van der Waals surface area contributed by atoms with Gasteiger partial charge in [-0.15, -0.1) is 10.2 Å². The van der Waals surface area contributed by atoms with E-state index in [-0.39, 0.29) is 15.5 Å². The van der Waals surface area contributed by atoms with Crippen molar-refractivity contribution in [2.45, 2.75) is 37.5 Å². The Kier molecular flexibility index (Phi) is 7.29. The fourth-order valence-corrected chi connectivity index (χ4v) is 4.81. The number of amides is 1. The molecule has 0 fully saturated rings. The fraction of sp³-hybridized carbons (Fsp3) is 0.438. The van der Waals surface area contributed by atoms with Gasteiger partial charge in [-0.1, -0.05) is 41.3 Å². The molecule has 0 aliphatic carbocycles. The highest BCUT2D eigenvalue weighted by Crippen LogP contribution is 2.29. The van der Waals surface area contributed by atoms with Gasteiger partial charge < -0.3 is 0 Å². The van der Waals surface area contributed by atoms with Gasteiger partial charge in [0.05, 0.1) is 12.1 Å². The summed E-state index contributed by atoms with van der Waals surface area (Å²) in [4.78, 5) is 17.0. The summed E-state index contributed by atoms with van der Waals surface area (Å²) in [6, 6.07) is 3.99. The standard InChI is InChI=1S/C16H21ClN4O4S2/c1-5-10(6-2)15-19-20-16(26-15)18-14(22)11-7-8-12(17)13(9-11)27(23,24)21(3)25-4/h7-10H,5-6H2,1-4H3,(H,18,20,22). The maximum Gasteiger partial charge on any atom is 0.266 e. The summed E-state index contributed by atoms with van der Waals surface area (Å²) >= 11 is 7.31. The molecule has 0 atom stereocenters. The summed E-state index contributed by atoms with van der Waals surface area (Å²) in [5.74, 6) is -0.208. The van der Waals surface area contributed by atoms with Crippen molar-refractivity contribution in [2.75, 3.05) is 19.5 Å². The summed E-state index contributed by atoms with van der Waals surface area (Å²) in [6.45, 7) is 4.14. The number of aromatic nitrogens is 2. The van der Waals surface area contributed by atoms with Crippen LogP contribution in [0.25, 0.3) is 0 Å². The van der Waals surface area contributed by atoms with Crippen molar-refractivity contribution in [3.8, 4) is 0 Å². The Morgan fingerprint density at radius 3 is 2.59 bits per heavy atom. The van der Waals surface area contributed by atoms with Crippen LogP contribution in [0.4, 0.5) is 5.13 Å². The molecule has 2 rings (SSSR count). The number of carbonyl (C=O) groups excluding carboxylic acids is 1. The molecule has 1 N–H and O–H groups in total. The van der Waals surface area contributed by atoms with Gasteiger partial charge in [0.15, 0.2) is 0 Å². The van der Waals surface area contributed by atoms with Crippen LogP contribution in [0.3, 0.4) is 0 Å². The van der Waals surface area contributed by atoms with Crippen LogP contribution < -0.4 is 5.32 Å². The van der Waals surface area contributed by atoms with Gasteiger partial charge in [0, 0.05) is 18.5 Å². The number of rotatable bonds is 8. The average molecular weight is 433 g/mol. The molecule has 0 aliphatic heterocycles. The predicted molar refractivity (Wildman–Crippen MR) is 105 cm³/mol. The molecule has 1 aromatic heterocycles. The van der Waals surface area contributed by atoms with E-state index in [0.717, 1.165) is 17.8 Å². The highest BCUT2D eigenvalue weighted by molar-refractivity contribution is 7.89. The number of sulfonamides is 1. The number of hydrogen-bond donors (Lipinski definition) is 1. The van der Waals surface area contributed by atoms with Crippen molar-refractivity contribution in [3.05, 3.63) is 33.8 Å². The van der Waals surface area contributed by atoms with Gasteiger partial charge in [0.25, 0.3) is 15.9 Å². The Balaban J connectivity index is 2.26. The molecule has 0 bridgehead atoms. The number of benzene rings is 1. The van der Waals surface area contributed by atoms with Gasteiger partial charge >= 0.3 is 0 Å². The topological polar surface area (TPSA) is 101 Å². The van der Waals surface area contributed by atoms with E-state index in [1.54, 1.807) is 0 Å². The quantitative estimate of drug-likeness (QED) is 0.640. The van der Waals surface area contributed by atoms with Crippen LogP contribution in [0.5, 0.6) is 0 Å². The molecule has 0 aliphatic rings. The van der Waals surface area contributed by atoms with Crippen LogP contribution in [0.2, 0.25) is 5.02 Å². The Morgan fingerprint density at radius 1 is 1.33 bits per heavy atom. The monoisotopic (exact) mass is 432 g/mol. The second kappa shape index (κ2) is 9.07. The van der Waals surface area contributed by atoms with E-state index in [2.05, 4.69) is 29.4 Å². The lowest BCUT2D eigenvalue weighted by Gasteiger charge is -2.15. The van der Waals surface area contributed by atoms with Crippen LogP contribution in [-0.2, 0) is 14.9 Å². The van der Waals surface area contributed by atoms with Crippen molar-refractivity contribution in [1.82, 2.24) is 14.7 Å². The first-order valence-electron chi connectivity index (χ1n) is 8.21. The summed E-state index contributed by atoms with van der Waals surface area (Å²) in [5, 5.41) is 12.0. The van der Waals surface area contributed by atoms with Crippen LogP contribution >= 0.6 is 22.9 Å². The van der Waals surface area contributed by atoms with E-state index in [0.29, 0.717) is 15.5 Å². The minimum Gasteiger partial charge on any atom is -0.296 e. The Hall–Kier alpha value is -1.59. The third-order valence-electron chi connectivity index (χ3n) is 4.06. The van der Waals surface area contributed by atoms with Crippen LogP contribution in [0.15, 0.2) is 23.1 Å². The van der Waals surface area contributed by atoms with E-state index < -0.39 is 15.9 Å². The number of nitrogens with one attached hydrogen (secondary N) is 1. The number of hydroxylamine groups is 1. The smallest absolute Gasteiger partial charge is 0.266 e. The lowest BCUT2D eigenvalue weighted by Crippen LogP contribution is -2.26. The van der Waals surface area contributed by atoms with E-state index in [1.807, 2.05) is 0 Å². The van der Waals surface area contributed by atoms with Crippen LogP contribution in [0, 0.1) is 0 Å². The first-order chi connectivity index (χ1) is 12.7. The van der Waals surface area contributed by atoms with Gasteiger partial charge in [-0.25, -0.2) is 8.42 Å². The van der Waals surface area contributed by atoms with Gasteiger partial charge in [0.1, 0.15) is 9.90 Å². The molecule has 0 saturated carbocycles. The molecule has 2 aromatic rings. The molecule has 0 unspecified atom stereocenters. The average Bonchev–Trinajstić information content (AvgIpc) is 3.10. The predicted octanol–water partition coefficient (Wildman–Crippen LogP) is 3.53. The summed E-state index contributed by atoms with van der Waals surface area (Å²) in [5.41, 5.74) is 0.127. The van der Waals surface area contributed by atoms with Crippen molar-refractivity contribution >= 4 is 44.0 Å². The van der Waals surface area contributed by atoms with E-state index in [4.69, 9.17) is 16.4 Å². The van der Waals surface area contributed by atoms with E-state index in [9.17, 15) is 13.2 Å². The maximum atomic E-state index is 12.5. The van der Waals surface area contributed by atoms with Crippen molar-refractivity contribution in [3.63, 3.8) is 0 Å². The number of nitrogens with zero attached hydrogens (tertiary/aromatic N) is 3. The van der Waals surface area contributed by atoms with Gasteiger partial charge in [0.2, 0.25) is 5.13 Å². The molecular formula is C16H21ClN4O4S2. The Labute approximate surface area is 167 Å². The molecule has 148 valence electrons. The zero-order valence-corrected chi connectivity index (χ0v) is 17.8. The molecule has 1 heterocycles. The number of carbonyl (C=O) groups is 1. The summed E-state index contributed by atoms with van der Waals surface area (Å²) in [6.07, 6.45) is 1.87. The highest BCUT2D eigenvalue weighted by Gasteiger charge is 2.25. The molecule has 11 heteroatoms.